The summed E-state index contributed by atoms with van der Waals surface area (Å²) in [6.45, 7) is 3.23. The fraction of sp³-hybridized carbons (Fsp3) is 0.278. The van der Waals surface area contributed by atoms with Crippen LogP contribution in [0.3, 0.4) is 0 Å². The normalized spacial score (nSPS) is 11.2. The molecule has 0 radical (unpaired) electrons. The molecule has 4 aromatic rings. The Labute approximate surface area is 259 Å². The summed E-state index contributed by atoms with van der Waals surface area (Å²) in [7, 11) is 0. The summed E-state index contributed by atoms with van der Waals surface area (Å²) in [5, 5.41) is 20.7. The molecule has 0 heterocycles. The van der Waals surface area contributed by atoms with E-state index < -0.39 is 0 Å². The summed E-state index contributed by atoms with van der Waals surface area (Å²) in [6, 6.07) is 29.8. The molecule has 44 heavy (non-hydrogen) atoms. The third-order valence-electron chi connectivity index (χ3n) is 6.46. The zero-order valence-corrected chi connectivity index (χ0v) is 24.9. The molecule has 0 unspecified atom stereocenters. The van der Waals surface area contributed by atoms with Gasteiger partial charge in [0.2, 0.25) is 0 Å². The molecule has 2 N–H and O–H groups in total. The Hall–Kier alpha value is -4.98. The van der Waals surface area contributed by atoms with Crippen LogP contribution < -0.4 is 18.9 Å². The van der Waals surface area contributed by atoms with Crippen LogP contribution in [0, 0.1) is 0 Å². The summed E-state index contributed by atoms with van der Waals surface area (Å²) in [5.41, 5.74) is 1.21. The van der Waals surface area contributed by atoms with Gasteiger partial charge in [0, 0.05) is 35.7 Å². The van der Waals surface area contributed by atoms with E-state index in [4.69, 9.17) is 18.9 Å². The van der Waals surface area contributed by atoms with Crippen molar-refractivity contribution in [3.05, 3.63) is 108 Å². The molecule has 0 aromatic heterocycles. The number of ether oxygens (including phenoxy) is 4. The van der Waals surface area contributed by atoms with Crippen LogP contribution in [-0.2, 0) is 0 Å². The van der Waals surface area contributed by atoms with Crippen molar-refractivity contribution < 1.29 is 29.2 Å². The Bertz CT molecular complexity index is 1330. The summed E-state index contributed by atoms with van der Waals surface area (Å²) < 4.78 is 22.9. The van der Waals surface area contributed by atoms with Crippen LogP contribution >= 0.6 is 0 Å². The van der Waals surface area contributed by atoms with E-state index in [-0.39, 0.29) is 11.5 Å². The van der Waals surface area contributed by atoms with E-state index in [1.54, 1.807) is 36.7 Å². The first kappa shape index (κ1) is 31.9. The Morgan fingerprint density at radius 1 is 0.455 bits per heavy atom. The zero-order valence-electron chi connectivity index (χ0n) is 24.9. The molecule has 4 rings (SSSR count). The molecule has 8 nitrogen and oxygen atoms in total. The number of phenolic OH excluding ortho intramolecular Hbond substituents is 2. The molecular weight excluding hydrogens is 556 g/mol. The lowest BCUT2D eigenvalue weighted by molar-refractivity contribution is 0.266. The second-order valence-corrected chi connectivity index (χ2v) is 9.95. The molecule has 0 spiro atoms. The minimum Gasteiger partial charge on any atom is -0.507 e. The van der Waals surface area contributed by atoms with E-state index in [0.29, 0.717) is 62.1 Å². The molecule has 4 aromatic carbocycles. The molecule has 0 aliphatic heterocycles. The minimum absolute atomic E-state index is 0.106. The van der Waals surface area contributed by atoms with Gasteiger partial charge in [-0.15, -0.1) is 0 Å². The van der Waals surface area contributed by atoms with Crippen LogP contribution in [0.2, 0.25) is 0 Å². The van der Waals surface area contributed by atoms with Crippen molar-refractivity contribution in [2.24, 2.45) is 9.98 Å². The predicted octanol–water partition coefficient (Wildman–Crippen LogP) is 7.11. The van der Waals surface area contributed by atoms with E-state index in [1.807, 2.05) is 72.8 Å². The highest BCUT2D eigenvalue weighted by molar-refractivity contribution is 5.84. The average molecular weight is 597 g/mol. The topological polar surface area (TPSA) is 102 Å². The first-order valence-electron chi connectivity index (χ1n) is 14.9. The van der Waals surface area contributed by atoms with Crippen molar-refractivity contribution in [2.75, 3.05) is 39.5 Å². The van der Waals surface area contributed by atoms with Gasteiger partial charge in [0.1, 0.15) is 34.5 Å². The molecule has 0 amide bonds. The molecule has 0 saturated carbocycles. The Morgan fingerprint density at radius 3 is 1.18 bits per heavy atom. The number of phenols is 2. The monoisotopic (exact) mass is 596 g/mol. The first-order chi connectivity index (χ1) is 21.7. The second-order valence-electron chi connectivity index (χ2n) is 9.95. The number of hydrogen-bond donors (Lipinski definition) is 2. The largest absolute Gasteiger partial charge is 0.507 e. The van der Waals surface area contributed by atoms with Gasteiger partial charge in [-0.05, 0) is 74.2 Å². The average Bonchev–Trinajstić information content (AvgIpc) is 3.05. The van der Waals surface area contributed by atoms with Crippen molar-refractivity contribution in [1.82, 2.24) is 0 Å². The fourth-order valence-corrected chi connectivity index (χ4v) is 4.09. The maximum Gasteiger partial charge on any atom is 0.128 e. The molecular formula is C36H40N2O6. The molecule has 0 fully saturated rings. The zero-order chi connectivity index (χ0) is 30.7. The minimum atomic E-state index is 0.106. The van der Waals surface area contributed by atoms with E-state index in [0.717, 1.165) is 37.2 Å². The van der Waals surface area contributed by atoms with Gasteiger partial charge in [-0.2, -0.15) is 0 Å². The Morgan fingerprint density at radius 2 is 0.818 bits per heavy atom. The van der Waals surface area contributed by atoms with E-state index in [9.17, 15) is 10.2 Å². The van der Waals surface area contributed by atoms with Crippen molar-refractivity contribution >= 4 is 12.4 Å². The van der Waals surface area contributed by atoms with Crippen LogP contribution in [-0.4, -0.2) is 62.2 Å². The number of aromatic hydroxyl groups is 2. The van der Waals surface area contributed by atoms with Gasteiger partial charge < -0.3 is 29.2 Å². The predicted molar refractivity (Wildman–Crippen MR) is 174 cm³/mol. The van der Waals surface area contributed by atoms with Crippen LogP contribution in [0.25, 0.3) is 0 Å². The number of hydrogen-bond acceptors (Lipinski definition) is 8. The molecule has 0 aliphatic carbocycles. The summed E-state index contributed by atoms with van der Waals surface area (Å²) in [4.78, 5) is 8.70. The quantitative estimate of drug-likeness (QED) is 0.0884. The number of aliphatic imine (C=N–C) groups is 2. The highest BCUT2D eigenvalue weighted by atomic mass is 16.5. The van der Waals surface area contributed by atoms with Crippen molar-refractivity contribution in [3.63, 3.8) is 0 Å². The fourth-order valence-electron chi connectivity index (χ4n) is 4.09. The van der Waals surface area contributed by atoms with Crippen LogP contribution in [0.4, 0.5) is 0 Å². The lowest BCUT2D eigenvalue weighted by Crippen LogP contribution is -2.02. The lowest BCUT2D eigenvalue weighted by atomic mass is 10.2. The van der Waals surface area contributed by atoms with Crippen molar-refractivity contribution in [2.45, 2.75) is 25.7 Å². The Balaban J connectivity index is 1.08. The first-order valence-corrected chi connectivity index (χ1v) is 14.9. The van der Waals surface area contributed by atoms with Crippen LogP contribution in [0.5, 0.6) is 34.5 Å². The van der Waals surface area contributed by atoms with Crippen molar-refractivity contribution in [3.8, 4) is 34.5 Å². The van der Waals surface area contributed by atoms with Crippen molar-refractivity contribution in [1.29, 1.82) is 0 Å². The standard InChI is InChI=1S/C36H40N2O6/c39-35-25-33(43-23-9-7-21-41-31-11-3-1-4-12-31)17-15-29(35)27-37-19-20-38-28-30-16-18-34(26-36(30)40)44-24-10-8-22-42-32-13-5-2-6-14-32/h1-6,11-18,25-28,39-40H,7-10,19-24H2. The van der Waals surface area contributed by atoms with Crippen LogP contribution in [0.15, 0.2) is 107 Å². The van der Waals surface area contributed by atoms with E-state index in [1.165, 1.54) is 0 Å². The highest BCUT2D eigenvalue weighted by Gasteiger charge is 2.04. The van der Waals surface area contributed by atoms with E-state index >= 15 is 0 Å². The SMILES string of the molecule is Oc1cc(OCCCCOc2ccccc2)ccc1C=NCCN=Cc1ccc(OCCCCOc2ccccc2)cc1O. The number of benzene rings is 4. The molecule has 0 bridgehead atoms. The number of rotatable bonds is 19. The van der Waals surface area contributed by atoms with Gasteiger partial charge in [0.15, 0.2) is 0 Å². The summed E-state index contributed by atoms with van der Waals surface area (Å²) in [6.07, 6.45) is 6.68. The van der Waals surface area contributed by atoms with Gasteiger partial charge in [0.25, 0.3) is 0 Å². The Kier molecular flexibility index (Phi) is 13.5. The maximum absolute atomic E-state index is 10.3. The number of para-hydroxylation sites is 2. The molecule has 230 valence electrons. The van der Waals surface area contributed by atoms with Gasteiger partial charge in [0.05, 0.1) is 39.5 Å². The molecule has 0 aliphatic rings. The van der Waals surface area contributed by atoms with Gasteiger partial charge >= 0.3 is 0 Å². The highest BCUT2D eigenvalue weighted by Crippen LogP contribution is 2.24. The summed E-state index contributed by atoms with van der Waals surface area (Å²) >= 11 is 0. The smallest absolute Gasteiger partial charge is 0.128 e. The molecule has 0 saturated heterocycles. The van der Waals surface area contributed by atoms with Gasteiger partial charge in [-0.1, -0.05) is 36.4 Å². The second kappa shape index (κ2) is 18.5. The lowest BCUT2D eigenvalue weighted by Gasteiger charge is -2.09. The molecule has 0 atom stereocenters. The summed E-state index contributed by atoms with van der Waals surface area (Å²) in [5.74, 6) is 3.16. The van der Waals surface area contributed by atoms with E-state index in [2.05, 4.69) is 9.98 Å². The third-order valence-corrected chi connectivity index (χ3v) is 6.46. The van der Waals surface area contributed by atoms with Gasteiger partial charge in [-0.25, -0.2) is 0 Å². The third kappa shape index (κ3) is 11.7. The molecule has 8 heteroatoms. The van der Waals surface area contributed by atoms with Crippen LogP contribution in [0.1, 0.15) is 36.8 Å². The number of nitrogens with zero attached hydrogens (tertiary/aromatic N) is 2. The maximum atomic E-state index is 10.3. The number of unbranched alkanes of at least 4 members (excludes halogenated alkanes) is 2. The van der Waals surface area contributed by atoms with Gasteiger partial charge in [-0.3, -0.25) is 9.98 Å².